The third kappa shape index (κ3) is 2.44. The van der Waals surface area contributed by atoms with E-state index in [2.05, 4.69) is 12.1 Å². The number of nitrogens with zero attached hydrogens (tertiary/aromatic N) is 1. The molecule has 0 unspecified atom stereocenters. The van der Waals surface area contributed by atoms with E-state index in [1.807, 2.05) is 36.4 Å². The zero-order chi connectivity index (χ0) is 16.7. The second-order valence-electron chi connectivity index (χ2n) is 6.24. The summed E-state index contributed by atoms with van der Waals surface area (Å²) in [5.74, 6) is -0.0497. The van der Waals surface area contributed by atoms with Gasteiger partial charge in [0.05, 0.1) is 13.1 Å². The molecule has 1 saturated heterocycles. The molecule has 1 aliphatic heterocycles. The Hall–Kier alpha value is -2.43. The second kappa shape index (κ2) is 5.89. The Morgan fingerprint density at radius 2 is 1.46 bits per heavy atom. The minimum Gasteiger partial charge on any atom is -0.448 e. The van der Waals surface area contributed by atoms with Crippen LogP contribution in [-0.4, -0.2) is 43.0 Å². The first-order valence-electron chi connectivity index (χ1n) is 8.03. The fourth-order valence-electron chi connectivity index (χ4n) is 3.56. The normalized spacial score (nSPS) is 22.3. The second-order valence-corrected chi connectivity index (χ2v) is 6.24. The maximum absolute atomic E-state index is 13.2. The number of carbonyl (C=O) groups is 1. The van der Waals surface area contributed by atoms with Gasteiger partial charge in [-0.1, -0.05) is 48.5 Å². The SMILES string of the molecule is O=C(OCC1c2ccccc2-c2ccccc21)N1C[C@@H](F)[C@@H](F)C1. The van der Waals surface area contributed by atoms with Crippen molar-refractivity contribution >= 4 is 6.09 Å². The monoisotopic (exact) mass is 329 g/mol. The van der Waals surface area contributed by atoms with Gasteiger partial charge in [-0.15, -0.1) is 0 Å². The zero-order valence-corrected chi connectivity index (χ0v) is 13.0. The minimum absolute atomic E-state index is 0.0497. The van der Waals surface area contributed by atoms with Gasteiger partial charge in [0.2, 0.25) is 0 Å². The van der Waals surface area contributed by atoms with Crippen LogP contribution in [0.5, 0.6) is 0 Å². The highest BCUT2D eigenvalue weighted by molar-refractivity contribution is 5.79. The zero-order valence-electron chi connectivity index (χ0n) is 13.0. The Balaban J connectivity index is 1.52. The molecule has 0 N–H and O–H groups in total. The summed E-state index contributed by atoms with van der Waals surface area (Å²) in [5, 5.41) is 0. The van der Waals surface area contributed by atoms with Crippen molar-refractivity contribution in [1.82, 2.24) is 4.90 Å². The van der Waals surface area contributed by atoms with Gasteiger partial charge in [-0.2, -0.15) is 0 Å². The largest absolute Gasteiger partial charge is 0.448 e. The molecule has 2 atom stereocenters. The summed E-state index contributed by atoms with van der Waals surface area (Å²) in [4.78, 5) is 13.2. The van der Waals surface area contributed by atoms with Crippen LogP contribution in [0.15, 0.2) is 48.5 Å². The highest BCUT2D eigenvalue weighted by atomic mass is 19.2. The first-order chi connectivity index (χ1) is 11.6. The van der Waals surface area contributed by atoms with Gasteiger partial charge in [-0.05, 0) is 22.3 Å². The summed E-state index contributed by atoms with van der Waals surface area (Å²) in [7, 11) is 0. The molecular weight excluding hydrogens is 312 g/mol. The van der Waals surface area contributed by atoms with Crippen molar-refractivity contribution in [1.29, 1.82) is 0 Å². The van der Waals surface area contributed by atoms with Gasteiger partial charge < -0.3 is 9.64 Å². The van der Waals surface area contributed by atoms with Gasteiger partial charge in [0.25, 0.3) is 0 Å². The molecule has 2 aromatic rings. The number of hydrogen-bond donors (Lipinski definition) is 0. The number of carbonyl (C=O) groups excluding carboxylic acids is 1. The van der Waals surface area contributed by atoms with Crippen LogP contribution in [0.1, 0.15) is 17.0 Å². The fourth-order valence-corrected chi connectivity index (χ4v) is 3.56. The van der Waals surface area contributed by atoms with Crippen LogP contribution in [-0.2, 0) is 4.74 Å². The van der Waals surface area contributed by atoms with E-state index in [0.717, 1.165) is 27.2 Å². The lowest BCUT2D eigenvalue weighted by Crippen LogP contribution is -2.31. The molecule has 1 fully saturated rings. The molecule has 124 valence electrons. The molecule has 24 heavy (non-hydrogen) atoms. The molecule has 0 aromatic heterocycles. The molecule has 2 aliphatic rings. The summed E-state index contributed by atoms with van der Waals surface area (Å²) in [6.07, 6.45) is -3.89. The van der Waals surface area contributed by atoms with E-state index in [-0.39, 0.29) is 25.6 Å². The van der Waals surface area contributed by atoms with Gasteiger partial charge >= 0.3 is 6.09 Å². The lowest BCUT2D eigenvalue weighted by molar-refractivity contribution is 0.105. The molecule has 5 heteroatoms. The third-order valence-electron chi connectivity index (χ3n) is 4.78. The van der Waals surface area contributed by atoms with Crippen LogP contribution in [0.25, 0.3) is 11.1 Å². The van der Waals surface area contributed by atoms with Crippen molar-refractivity contribution < 1.29 is 18.3 Å². The Morgan fingerprint density at radius 3 is 2.00 bits per heavy atom. The van der Waals surface area contributed by atoms with Crippen LogP contribution < -0.4 is 0 Å². The van der Waals surface area contributed by atoms with Gasteiger partial charge in [-0.25, -0.2) is 13.6 Å². The van der Waals surface area contributed by atoms with Crippen molar-refractivity contribution in [3.05, 3.63) is 59.7 Å². The van der Waals surface area contributed by atoms with Crippen LogP contribution in [0.2, 0.25) is 0 Å². The summed E-state index contributed by atoms with van der Waals surface area (Å²) in [6.45, 7) is -0.313. The van der Waals surface area contributed by atoms with Gasteiger partial charge in [0.1, 0.15) is 6.61 Å². The number of likely N-dealkylation sites (tertiary alicyclic amines) is 1. The fraction of sp³-hybridized carbons (Fsp3) is 0.316. The Bertz CT molecular complexity index is 724. The molecule has 1 amide bonds. The lowest BCUT2D eigenvalue weighted by atomic mass is 9.98. The summed E-state index contributed by atoms with van der Waals surface area (Å²) in [5.41, 5.74) is 4.50. The molecular formula is C19H17F2NO2. The van der Waals surface area contributed by atoms with E-state index in [1.54, 1.807) is 0 Å². The van der Waals surface area contributed by atoms with E-state index in [4.69, 9.17) is 4.74 Å². The molecule has 1 aliphatic carbocycles. The van der Waals surface area contributed by atoms with E-state index in [1.165, 1.54) is 0 Å². The maximum atomic E-state index is 13.2. The standard InChI is InChI=1S/C19H17F2NO2/c20-17-9-22(10-18(17)21)19(23)24-11-16-14-7-3-1-5-12(14)13-6-2-4-8-15(13)16/h1-8,16-18H,9-11H2/t17-,18+. The first-order valence-corrected chi connectivity index (χ1v) is 8.03. The van der Waals surface area contributed by atoms with Gasteiger partial charge in [0, 0.05) is 5.92 Å². The number of amides is 1. The predicted octanol–water partition coefficient (Wildman–Crippen LogP) is 3.93. The Labute approximate surface area is 138 Å². The van der Waals surface area contributed by atoms with Crippen molar-refractivity contribution in [2.45, 2.75) is 18.3 Å². The first kappa shape index (κ1) is 15.1. The molecule has 0 radical (unpaired) electrons. The number of fused-ring (bicyclic) bond motifs is 3. The van der Waals surface area contributed by atoms with Crippen molar-refractivity contribution in [2.75, 3.05) is 19.7 Å². The van der Waals surface area contributed by atoms with E-state index < -0.39 is 18.4 Å². The summed E-state index contributed by atoms with van der Waals surface area (Å²) in [6, 6.07) is 16.0. The molecule has 1 heterocycles. The smallest absolute Gasteiger partial charge is 0.409 e. The predicted molar refractivity (Wildman–Crippen MR) is 86.4 cm³/mol. The Morgan fingerprint density at radius 1 is 0.958 bits per heavy atom. The molecule has 3 nitrogen and oxygen atoms in total. The summed E-state index contributed by atoms with van der Waals surface area (Å²) < 4.78 is 31.9. The topological polar surface area (TPSA) is 29.5 Å². The maximum Gasteiger partial charge on any atom is 0.409 e. The quantitative estimate of drug-likeness (QED) is 0.835. The molecule has 4 rings (SSSR count). The van der Waals surface area contributed by atoms with E-state index >= 15 is 0 Å². The Kier molecular flexibility index (Phi) is 3.71. The van der Waals surface area contributed by atoms with Crippen molar-refractivity contribution in [3.8, 4) is 11.1 Å². The van der Waals surface area contributed by atoms with Crippen LogP contribution in [0, 0.1) is 0 Å². The van der Waals surface area contributed by atoms with Crippen molar-refractivity contribution in [2.24, 2.45) is 0 Å². The number of ether oxygens (including phenoxy) is 1. The van der Waals surface area contributed by atoms with Gasteiger partial charge in [-0.3, -0.25) is 0 Å². The number of rotatable bonds is 2. The molecule has 0 bridgehead atoms. The number of benzene rings is 2. The minimum atomic E-state index is -1.62. The van der Waals surface area contributed by atoms with E-state index in [0.29, 0.717) is 0 Å². The summed E-state index contributed by atoms with van der Waals surface area (Å²) >= 11 is 0. The molecule has 0 spiro atoms. The highest BCUT2D eigenvalue weighted by Crippen LogP contribution is 2.44. The van der Waals surface area contributed by atoms with Crippen LogP contribution in [0.3, 0.4) is 0 Å². The van der Waals surface area contributed by atoms with Gasteiger partial charge in [0.15, 0.2) is 12.3 Å². The van der Waals surface area contributed by atoms with Crippen LogP contribution >= 0.6 is 0 Å². The van der Waals surface area contributed by atoms with Crippen LogP contribution in [0.4, 0.5) is 13.6 Å². The molecule has 2 aromatic carbocycles. The number of hydrogen-bond acceptors (Lipinski definition) is 2. The highest BCUT2D eigenvalue weighted by Gasteiger charge is 2.37. The lowest BCUT2D eigenvalue weighted by Gasteiger charge is -2.18. The van der Waals surface area contributed by atoms with Crippen molar-refractivity contribution in [3.63, 3.8) is 0 Å². The van der Waals surface area contributed by atoms with E-state index in [9.17, 15) is 13.6 Å². The number of halogens is 2. The molecule has 0 saturated carbocycles. The number of alkyl halides is 2. The average Bonchev–Trinajstić information content (AvgIpc) is 3.11. The third-order valence-corrected chi connectivity index (χ3v) is 4.78. The average molecular weight is 329 g/mol.